The Morgan fingerprint density at radius 2 is 2.35 bits per heavy atom. The lowest BCUT2D eigenvalue weighted by molar-refractivity contribution is -0.126. The second-order valence-electron chi connectivity index (χ2n) is 3.75. The first-order chi connectivity index (χ1) is 8.07. The summed E-state index contributed by atoms with van der Waals surface area (Å²) >= 11 is 0. The number of carbonyl (C=O) groups excluding carboxylic acids is 1. The van der Waals surface area contributed by atoms with Gasteiger partial charge in [-0.1, -0.05) is 6.92 Å². The van der Waals surface area contributed by atoms with Crippen LogP contribution < -0.4 is 5.32 Å². The lowest BCUT2D eigenvalue weighted by atomic mass is 10.2. The zero-order valence-electron chi connectivity index (χ0n) is 9.38. The van der Waals surface area contributed by atoms with Crippen LogP contribution in [0.5, 0.6) is 0 Å². The molecule has 94 valence electrons. The summed E-state index contributed by atoms with van der Waals surface area (Å²) in [5, 5.41) is 8.72. The number of H-pyrrole nitrogens is 1. The molecule has 0 aliphatic carbocycles. The summed E-state index contributed by atoms with van der Waals surface area (Å²) in [7, 11) is -3.66. The minimum atomic E-state index is -3.66. The van der Waals surface area contributed by atoms with E-state index < -0.39 is 16.1 Å². The van der Waals surface area contributed by atoms with Crippen LogP contribution in [-0.4, -0.2) is 48.0 Å². The number of nitrogens with one attached hydrogen (secondary N) is 2. The first kappa shape index (κ1) is 12.1. The second kappa shape index (κ2) is 4.46. The van der Waals surface area contributed by atoms with Crippen molar-refractivity contribution in [2.24, 2.45) is 0 Å². The molecule has 0 radical (unpaired) electrons. The number of hydrogen-bond acceptors (Lipinski definition) is 4. The van der Waals surface area contributed by atoms with Gasteiger partial charge in [0.25, 0.3) is 10.0 Å². The predicted molar refractivity (Wildman–Crippen MR) is 59.6 cm³/mol. The van der Waals surface area contributed by atoms with Crippen molar-refractivity contribution in [2.75, 3.05) is 13.1 Å². The quantitative estimate of drug-likeness (QED) is 0.750. The Morgan fingerprint density at radius 3 is 2.94 bits per heavy atom. The molecule has 0 saturated carbocycles. The first-order valence-electron chi connectivity index (χ1n) is 5.36. The van der Waals surface area contributed by atoms with Gasteiger partial charge < -0.3 is 5.32 Å². The van der Waals surface area contributed by atoms with Gasteiger partial charge in [0.15, 0.2) is 5.03 Å². The fraction of sp³-hybridized carbons (Fsp3) is 0.556. The molecule has 1 saturated heterocycles. The Morgan fingerprint density at radius 1 is 1.59 bits per heavy atom. The van der Waals surface area contributed by atoms with Crippen LogP contribution in [0.4, 0.5) is 0 Å². The van der Waals surface area contributed by atoms with E-state index in [1.165, 1.54) is 16.6 Å². The molecular weight excluding hydrogens is 244 g/mol. The minimum absolute atomic E-state index is 0.0191. The highest BCUT2D eigenvalue weighted by atomic mass is 32.2. The number of nitrogens with zero attached hydrogens (tertiary/aromatic N) is 2. The molecule has 1 aromatic heterocycles. The molecule has 1 aromatic rings. The van der Waals surface area contributed by atoms with Gasteiger partial charge >= 0.3 is 0 Å². The van der Waals surface area contributed by atoms with E-state index in [1.54, 1.807) is 6.92 Å². The number of aromatic nitrogens is 2. The van der Waals surface area contributed by atoms with Crippen LogP contribution in [0, 0.1) is 0 Å². The average molecular weight is 258 g/mol. The zero-order valence-corrected chi connectivity index (χ0v) is 10.2. The third kappa shape index (κ3) is 2.05. The predicted octanol–water partition coefficient (Wildman–Crippen LogP) is -0.691. The summed E-state index contributed by atoms with van der Waals surface area (Å²) in [5.74, 6) is -0.248. The molecule has 1 amide bonds. The van der Waals surface area contributed by atoms with Crippen LogP contribution in [0.1, 0.15) is 13.3 Å². The molecule has 2 heterocycles. The fourth-order valence-corrected chi connectivity index (χ4v) is 3.45. The van der Waals surface area contributed by atoms with Crippen molar-refractivity contribution in [3.63, 3.8) is 0 Å². The molecule has 1 aliphatic rings. The lowest BCUT2D eigenvalue weighted by Gasteiger charge is -2.32. The van der Waals surface area contributed by atoms with Crippen LogP contribution >= 0.6 is 0 Å². The smallest absolute Gasteiger partial charge is 0.260 e. The number of carbonyl (C=O) groups is 1. The Kier molecular flexibility index (Phi) is 3.16. The molecule has 2 rings (SSSR count). The number of amides is 1. The maximum Gasteiger partial charge on any atom is 0.260 e. The van der Waals surface area contributed by atoms with E-state index in [0.29, 0.717) is 13.0 Å². The van der Waals surface area contributed by atoms with Gasteiger partial charge in [0.2, 0.25) is 5.91 Å². The summed E-state index contributed by atoms with van der Waals surface area (Å²) in [6, 6.07) is 0.742. The van der Waals surface area contributed by atoms with Crippen molar-refractivity contribution in [1.29, 1.82) is 0 Å². The van der Waals surface area contributed by atoms with Crippen LogP contribution in [0.2, 0.25) is 0 Å². The van der Waals surface area contributed by atoms with Crippen LogP contribution in [0.3, 0.4) is 0 Å². The van der Waals surface area contributed by atoms with Crippen LogP contribution in [0.25, 0.3) is 0 Å². The third-order valence-corrected chi connectivity index (χ3v) is 4.57. The summed E-state index contributed by atoms with van der Waals surface area (Å²) in [6.07, 6.45) is 1.82. The largest absolute Gasteiger partial charge is 0.353 e. The molecule has 2 N–H and O–H groups in total. The van der Waals surface area contributed by atoms with E-state index >= 15 is 0 Å². The van der Waals surface area contributed by atoms with Gasteiger partial charge in [0, 0.05) is 13.1 Å². The molecule has 1 unspecified atom stereocenters. The van der Waals surface area contributed by atoms with Gasteiger partial charge in [-0.25, -0.2) is 8.42 Å². The average Bonchev–Trinajstić information content (AvgIpc) is 2.82. The monoisotopic (exact) mass is 258 g/mol. The molecule has 0 bridgehead atoms. The standard InChI is InChI=1S/C9H14N4O3S/c1-2-7-9(14)10-5-6-13(7)17(15,16)8-3-4-11-12-8/h3-4,7H,2,5-6H2,1H3,(H,10,14)(H,11,12). The molecule has 0 spiro atoms. The first-order valence-corrected chi connectivity index (χ1v) is 6.80. The van der Waals surface area contributed by atoms with E-state index in [0.717, 1.165) is 0 Å². The van der Waals surface area contributed by atoms with Crippen molar-refractivity contribution in [3.05, 3.63) is 12.3 Å². The molecule has 17 heavy (non-hydrogen) atoms. The normalized spacial score (nSPS) is 22.4. The van der Waals surface area contributed by atoms with Crippen LogP contribution in [-0.2, 0) is 14.8 Å². The van der Waals surface area contributed by atoms with Gasteiger partial charge in [-0.05, 0) is 12.5 Å². The molecular formula is C9H14N4O3S. The highest BCUT2D eigenvalue weighted by molar-refractivity contribution is 7.89. The Balaban J connectivity index is 2.35. The maximum absolute atomic E-state index is 12.2. The highest BCUT2D eigenvalue weighted by Gasteiger charge is 2.37. The van der Waals surface area contributed by atoms with Crippen molar-refractivity contribution >= 4 is 15.9 Å². The second-order valence-corrected chi connectivity index (χ2v) is 5.61. The van der Waals surface area contributed by atoms with Crippen LogP contribution in [0.15, 0.2) is 17.3 Å². The summed E-state index contributed by atoms with van der Waals surface area (Å²) in [6.45, 7) is 2.40. The topological polar surface area (TPSA) is 95.2 Å². The molecule has 1 atom stereocenters. The highest BCUT2D eigenvalue weighted by Crippen LogP contribution is 2.19. The van der Waals surface area contributed by atoms with E-state index in [-0.39, 0.29) is 17.5 Å². The van der Waals surface area contributed by atoms with Gasteiger partial charge in [-0.3, -0.25) is 9.89 Å². The minimum Gasteiger partial charge on any atom is -0.353 e. The molecule has 1 aliphatic heterocycles. The summed E-state index contributed by atoms with van der Waals surface area (Å²) in [5.41, 5.74) is 0. The molecule has 8 heteroatoms. The van der Waals surface area contributed by atoms with E-state index in [2.05, 4.69) is 15.5 Å². The van der Waals surface area contributed by atoms with Crippen molar-refractivity contribution in [3.8, 4) is 0 Å². The molecule has 0 aromatic carbocycles. The van der Waals surface area contributed by atoms with E-state index in [1.807, 2.05) is 0 Å². The number of piperazine rings is 1. The zero-order chi connectivity index (χ0) is 12.5. The Bertz CT molecular complexity index is 496. The van der Waals surface area contributed by atoms with Gasteiger partial charge in [0.05, 0.1) is 6.20 Å². The van der Waals surface area contributed by atoms with Crippen molar-refractivity contribution < 1.29 is 13.2 Å². The number of sulfonamides is 1. The van der Waals surface area contributed by atoms with Crippen molar-refractivity contribution in [1.82, 2.24) is 19.8 Å². The van der Waals surface area contributed by atoms with E-state index in [4.69, 9.17) is 0 Å². The summed E-state index contributed by atoms with van der Waals surface area (Å²) in [4.78, 5) is 11.6. The third-order valence-electron chi connectivity index (χ3n) is 2.73. The van der Waals surface area contributed by atoms with Crippen molar-refractivity contribution in [2.45, 2.75) is 24.4 Å². The number of rotatable bonds is 3. The Hall–Kier alpha value is -1.41. The lowest BCUT2D eigenvalue weighted by Crippen LogP contribution is -2.56. The maximum atomic E-state index is 12.2. The molecule has 7 nitrogen and oxygen atoms in total. The van der Waals surface area contributed by atoms with Gasteiger partial charge in [-0.2, -0.15) is 9.40 Å². The van der Waals surface area contributed by atoms with Gasteiger partial charge in [-0.15, -0.1) is 0 Å². The Labute approximate surface area is 99.2 Å². The number of hydrogen-bond donors (Lipinski definition) is 2. The van der Waals surface area contributed by atoms with E-state index in [9.17, 15) is 13.2 Å². The summed E-state index contributed by atoms with van der Waals surface area (Å²) < 4.78 is 25.7. The fourth-order valence-electron chi connectivity index (χ4n) is 1.88. The SMILES string of the molecule is CCC1C(=O)NCCN1S(=O)(=O)c1ccn[nH]1. The van der Waals surface area contributed by atoms with Gasteiger partial charge in [0.1, 0.15) is 6.04 Å². The molecule has 1 fully saturated rings. The number of aromatic amines is 1.